The van der Waals surface area contributed by atoms with Crippen molar-refractivity contribution in [2.24, 2.45) is 5.10 Å². The number of rotatable bonds is 7. The maximum Gasteiger partial charge on any atom is 0.247 e. The fourth-order valence-corrected chi connectivity index (χ4v) is 3.20. The minimum atomic E-state index is 0.497. The largest absolute Gasteiger partial charge is 0.497 e. The van der Waals surface area contributed by atoms with E-state index >= 15 is 0 Å². The molecule has 0 aliphatic carbocycles. The summed E-state index contributed by atoms with van der Waals surface area (Å²) >= 11 is 0. The maximum absolute atomic E-state index is 5.34. The van der Waals surface area contributed by atoms with Crippen LogP contribution in [0.1, 0.15) is 5.56 Å². The van der Waals surface area contributed by atoms with Gasteiger partial charge in [-0.1, -0.05) is 60.7 Å². The van der Waals surface area contributed by atoms with Gasteiger partial charge in [0.2, 0.25) is 5.95 Å². The van der Waals surface area contributed by atoms with E-state index in [1.165, 1.54) is 0 Å². The van der Waals surface area contributed by atoms with Crippen LogP contribution in [0.15, 0.2) is 90.0 Å². The van der Waals surface area contributed by atoms with Crippen LogP contribution in [0.25, 0.3) is 22.5 Å². The van der Waals surface area contributed by atoms with E-state index in [2.05, 4.69) is 5.10 Å². The molecule has 0 radical (unpaired) electrons. The van der Waals surface area contributed by atoms with Crippen LogP contribution in [-0.4, -0.2) is 37.4 Å². The summed E-state index contributed by atoms with van der Waals surface area (Å²) in [5, 5.41) is 6.21. The van der Waals surface area contributed by atoms with E-state index in [0.29, 0.717) is 17.4 Å². The maximum atomic E-state index is 5.34. The Labute approximate surface area is 187 Å². The highest BCUT2D eigenvalue weighted by Gasteiger charge is 2.11. The highest BCUT2D eigenvalue weighted by atomic mass is 16.5. The summed E-state index contributed by atoms with van der Waals surface area (Å²) in [6.45, 7) is 0. The number of nitrogens with zero attached hydrogens (tertiary/aromatic N) is 4. The van der Waals surface area contributed by atoms with E-state index in [4.69, 9.17) is 19.4 Å². The standard InChI is InChI=1S/C26H24N4O2/c1-30(27-18-19-14-22(31-2)16-23(15-19)32-3)26-28-24(20-10-6-4-7-11-20)17-25(29-26)21-12-8-5-9-13-21/h4-18H,1-3H3/b27-18-. The molecule has 0 spiro atoms. The topological polar surface area (TPSA) is 59.8 Å². The lowest BCUT2D eigenvalue weighted by atomic mass is 10.1. The van der Waals surface area contributed by atoms with Gasteiger partial charge >= 0.3 is 0 Å². The molecule has 0 saturated heterocycles. The molecule has 0 amide bonds. The molecule has 32 heavy (non-hydrogen) atoms. The van der Waals surface area contributed by atoms with Gasteiger partial charge in [0.05, 0.1) is 31.8 Å². The Kier molecular flexibility index (Phi) is 6.41. The summed E-state index contributed by atoms with van der Waals surface area (Å²) in [6, 6.07) is 27.7. The first-order valence-corrected chi connectivity index (χ1v) is 10.2. The summed E-state index contributed by atoms with van der Waals surface area (Å²) in [5.41, 5.74) is 4.54. The molecule has 0 N–H and O–H groups in total. The Hall–Kier alpha value is -4.19. The van der Waals surface area contributed by atoms with Gasteiger partial charge < -0.3 is 9.47 Å². The molecule has 1 aromatic heterocycles. The third-order valence-corrected chi connectivity index (χ3v) is 4.90. The van der Waals surface area contributed by atoms with Crippen molar-refractivity contribution in [1.29, 1.82) is 0 Å². The van der Waals surface area contributed by atoms with Gasteiger partial charge in [-0.05, 0) is 18.2 Å². The van der Waals surface area contributed by atoms with Crippen molar-refractivity contribution in [3.63, 3.8) is 0 Å². The van der Waals surface area contributed by atoms with Crippen LogP contribution in [-0.2, 0) is 0 Å². The Morgan fingerprint density at radius 2 is 1.22 bits per heavy atom. The van der Waals surface area contributed by atoms with Crippen molar-refractivity contribution < 1.29 is 9.47 Å². The molecule has 0 unspecified atom stereocenters. The predicted molar refractivity (Wildman–Crippen MR) is 128 cm³/mol. The lowest BCUT2D eigenvalue weighted by molar-refractivity contribution is 0.394. The van der Waals surface area contributed by atoms with E-state index in [1.807, 2.05) is 92.0 Å². The van der Waals surface area contributed by atoms with Crippen LogP contribution < -0.4 is 14.5 Å². The molecule has 0 aliphatic rings. The van der Waals surface area contributed by atoms with Crippen LogP contribution in [0.2, 0.25) is 0 Å². The molecule has 160 valence electrons. The quantitative estimate of drug-likeness (QED) is 0.298. The molecule has 0 bridgehead atoms. The van der Waals surface area contributed by atoms with Gasteiger partial charge in [0.25, 0.3) is 0 Å². The number of benzene rings is 3. The SMILES string of the molecule is COc1cc(/C=N\N(C)c2nc(-c3ccccc3)cc(-c3ccccc3)n2)cc(OC)c1. The Morgan fingerprint density at radius 1 is 0.719 bits per heavy atom. The average molecular weight is 425 g/mol. The number of hydrogen-bond acceptors (Lipinski definition) is 6. The van der Waals surface area contributed by atoms with E-state index in [1.54, 1.807) is 25.4 Å². The first-order valence-electron chi connectivity index (χ1n) is 10.2. The highest BCUT2D eigenvalue weighted by molar-refractivity contribution is 5.82. The second-order valence-corrected chi connectivity index (χ2v) is 7.08. The summed E-state index contributed by atoms with van der Waals surface area (Å²) in [6.07, 6.45) is 1.73. The molecule has 0 fully saturated rings. The van der Waals surface area contributed by atoms with Crippen molar-refractivity contribution in [2.75, 3.05) is 26.3 Å². The summed E-state index contributed by atoms with van der Waals surface area (Å²) in [7, 11) is 5.07. The van der Waals surface area contributed by atoms with Crippen molar-refractivity contribution in [3.8, 4) is 34.0 Å². The van der Waals surface area contributed by atoms with E-state index < -0.39 is 0 Å². The predicted octanol–water partition coefficient (Wildman–Crippen LogP) is 5.30. The van der Waals surface area contributed by atoms with E-state index in [9.17, 15) is 0 Å². The van der Waals surface area contributed by atoms with Gasteiger partial charge in [-0.2, -0.15) is 5.10 Å². The van der Waals surface area contributed by atoms with Gasteiger partial charge in [0.15, 0.2) is 0 Å². The summed E-state index contributed by atoms with van der Waals surface area (Å²) < 4.78 is 10.7. The van der Waals surface area contributed by atoms with Crippen molar-refractivity contribution in [3.05, 3.63) is 90.5 Å². The van der Waals surface area contributed by atoms with Crippen LogP contribution in [0.3, 0.4) is 0 Å². The van der Waals surface area contributed by atoms with Gasteiger partial charge in [-0.25, -0.2) is 15.0 Å². The smallest absolute Gasteiger partial charge is 0.247 e. The van der Waals surface area contributed by atoms with E-state index in [0.717, 1.165) is 28.1 Å². The number of ether oxygens (including phenoxy) is 2. The second kappa shape index (κ2) is 9.75. The number of methoxy groups -OCH3 is 2. The zero-order chi connectivity index (χ0) is 22.3. The minimum Gasteiger partial charge on any atom is -0.497 e. The number of hydrazone groups is 1. The molecule has 4 aromatic rings. The van der Waals surface area contributed by atoms with Crippen LogP contribution in [0.4, 0.5) is 5.95 Å². The normalized spacial score (nSPS) is 10.8. The van der Waals surface area contributed by atoms with Crippen LogP contribution >= 0.6 is 0 Å². The van der Waals surface area contributed by atoms with Gasteiger partial charge in [-0.15, -0.1) is 0 Å². The molecule has 4 rings (SSSR count). The first-order chi connectivity index (χ1) is 15.7. The first kappa shape index (κ1) is 21.1. The molecule has 6 nitrogen and oxygen atoms in total. The number of aromatic nitrogens is 2. The Balaban J connectivity index is 1.71. The van der Waals surface area contributed by atoms with E-state index in [-0.39, 0.29) is 0 Å². The third kappa shape index (κ3) is 4.92. The molecule has 1 heterocycles. The van der Waals surface area contributed by atoms with Gasteiger partial charge in [-0.3, -0.25) is 0 Å². The molecule has 0 aliphatic heterocycles. The monoisotopic (exact) mass is 424 g/mol. The summed E-state index contributed by atoms with van der Waals surface area (Å²) in [4.78, 5) is 9.52. The van der Waals surface area contributed by atoms with Crippen LogP contribution in [0, 0.1) is 0 Å². The molecule has 0 atom stereocenters. The van der Waals surface area contributed by atoms with Crippen molar-refractivity contribution >= 4 is 12.2 Å². The molecular weight excluding hydrogens is 400 g/mol. The summed E-state index contributed by atoms with van der Waals surface area (Å²) in [5.74, 6) is 1.89. The van der Waals surface area contributed by atoms with Gasteiger partial charge in [0, 0.05) is 29.8 Å². The zero-order valence-corrected chi connectivity index (χ0v) is 18.3. The average Bonchev–Trinajstić information content (AvgIpc) is 2.87. The molecule has 6 heteroatoms. The molecule has 0 saturated carbocycles. The fourth-order valence-electron chi connectivity index (χ4n) is 3.20. The third-order valence-electron chi connectivity index (χ3n) is 4.90. The Morgan fingerprint density at radius 3 is 1.69 bits per heavy atom. The lowest BCUT2D eigenvalue weighted by Crippen LogP contribution is -2.13. The molecule has 3 aromatic carbocycles. The van der Waals surface area contributed by atoms with Crippen LogP contribution in [0.5, 0.6) is 11.5 Å². The second-order valence-electron chi connectivity index (χ2n) is 7.08. The lowest BCUT2D eigenvalue weighted by Gasteiger charge is -2.14. The Bertz CT molecular complexity index is 1130. The number of anilines is 1. The fraction of sp³-hybridized carbons (Fsp3) is 0.115. The van der Waals surface area contributed by atoms with Crippen molar-refractivity contribution in [1.82, 2.24) is 9.97 Å². The number of hydrogen-bond donors (Lipinski definition) is 0. The zero-order valence-electron chi connectivity index (χ0n) is 18.3. The van der Waals surface area contributed by atoms with Gasteiger partial charge in [0.1, 0.15) is 11.5 Å². The minimum absolute atomic E-state index is 0.497. The van der Waals surface area contributed by atoms with Crippen molar-refractivity contribution in [2.45, 2.75) is 0 Å². The highest BCUT2D eigenvalue weighted by Crippen LogP contribution is 2.26. The molecular formula is C26H24N4O2.